The van der Waals surface area contributed by atoms with Gasteiger partial charge in [0, 0.05) is 15.5 Å². The second-order valence-corrected chi connectivity index (χ2v) is 6.58. The Labute approximate surface area is 120 Å². The normalized spacial score (nSPS) is 30.3. The molecule has 19 heavy (non-hydrogen) atoms. The summed E-state index contributed by atoms with van der Waals surface area (Å²) in [5.74, 6) is 0.905. The van der Waals surface area contributed by atoms with Crippen molar-refractivity contribution in [3.05, 3.63) is 28.2 Å². The molecule has 2 aliphatic heterocycles. The summed E-state index contributed by atoms with van der Waals surface area (Å²) in [7, 11) is 0. The van der Waals surface area contributed by atoms with Gasteiger partial charge in [-0.25, -0.2) is 4.99 Å². The van der Waals surface area contributed by atoms with Crippen molar-refractivity contribution in [3.8, 4) is 5.75 Å². The smallest absolute Gasteiger partial charge is 0.283 e. The maximum atomic E-state index is 5.97. The van der Waals surface area contributed by atoms with Crippen LogP contribution in [0, 0.1) is 5.41 Å². The van der Waals surface area contributed by atoms with Gasteiger partial charge in [-0.05, 0) is 31.0 Å². The standard InChI is InChI=1S/C14H15BrN2O2/c15-9-2-3-11-10(6-9)14(8-19-12(16)17-14)13(7-18-11)4-1-5-13/h2-3,6H,1,4-5,7-8H2,(H2,16,17). The van der Waals surface area contributed by atoms with Crippen LogP contribution in [0.25, 0.3) is 0 Å². The van der Waals surface area contributed by atoms with Crippen molar-refractivity contribution in [1.82, 2.24) is 0 Å². The van der Waals surface area contributed by atoms with Crippen LogP contribution in [0.2, 0.25) is 0 Å². The lowest BCUT2D eigenvalue weighted by Gasteiger charge is -2.54. The average molecular weight is 323 g/mol. The number of halogens is 1. The molecule has 1 aliphatic carbocycles. The van der Waals surface area contributed by atoms with E-state index in [0.717, 1.165) is 28.6 Å². The van der Waals surface area contributed by atoms with Crippen LogP contribution in [0.5, 0.6) is 5.75 Å². The van der Waals surface area contributed by atoms with Gasteiger partial charge in [0.1, 0.15) is 17.9 Å². The summed E-state index contributed by atoms with van der Waals surface area (Å²) < 4.78 is 12.5. The van der Waals surface area contributed by atoms with Crippen LogP contribution in [0.15, 0.2) is 27.7 Å². The maximum Gasteiger partial charge on any atom is 0.283 e. The fourth-order valence-corrected chi connectivity index (χ4v) is 3.94. The molecule has 0 amide bonds. The lowest BCUT2D eigenvalue weighted by Crippen LogP contribution is -2.56. The highest BCUT2D eigenvalue weighted by Crippen LogP contribution is 2.61. The number of hydrogen-bond donors (Lipinski definition) is 1. The zero-order chi connectivity index (χ0) is 13.1. The van der Waals surface area contributed by atoms with Gasteiger partial charge in [0.25, 0.3) is 6.02 Å². The molecular weight excluding hydrogens is 308 g/mol. The first kappa shape index (κ1) is 11.6. The van der Waals surface area contributed by atoms with Crippen LogP contribution in [0.3, 0.4) is 0 Å². The highest BCUT2D eigenvalue weighted by atomic mass is 79.9. The van der Waals surface area contributed by atoms with Crippen molar-refractivity contribution in [3.63, 3.8) is 0 Å². The number of ether oxygens (including phenoxy) is 2. The molecule has 1 aromatic rings. The SMILES string of the molecule is NC1=NC2(CO1)c1cc(Br)ccc1OCC21CCC1. The molecule has 3 aliphatic rings. The predicted octanol–water partition coefficient (Wildman–Crippen LogP) is 2.55. The molecule has 100 valence electrons. The number of aliphatic imine (C=N–C) groups is 1. The molecular formula is C14H15BrN2O2. The quantitative estimate of drug-likeness (QED) is 0.798. The van der Waals surface area contributed by atoms with Gasteiger partial charge in [0.2, 0.25) is 0 Å². The first-order valence-electron chi connectivity index (χ1n) is 6.56. The Bertz CT molecular complexity index is 583. The summed E-state index contributed by atoms with van der Waals surface area (Å²) in [5.41, 5.74) is 6.62. The van der Waals surface area contributed by atoms with Crippen molar-refractivity contribution in [2.45, 2.75) is 24.8 Å². The minimum absolute atomic E-state index is 0.0575. The van der Waals surface area contributed by atoms with Crippen molar-refractivity contribution >= 4 is 22.0 Å². The molecule has 1 saturated carbocycles. The van der Waals surface area contributed by atoms with Crippen LogP contribution in [-0.4, -0.2) is 19.2 Å². The first-order valence-corrected chi connectivity index (χ1v) is 7.36. The van der Waals surface area contributed by atoms with Gasteiger partial charge in [-0.1, -0.05) is 22.4 Å². The molecule has 1 atom stereocenters. The minimum atomic E-state index is -0.354. The molecule has 4 rings (SSSR count). The molecule has 5 heteroatoms. The van der Waals surface area contributed by atoms with E-state index in [1.165, 1.54) is 6.42 Å². The zero-order valence-electron chi connectivity index (χ0n) is 10.5. The highest BCUT2D eigenvalue weighted by molar-refractivity contribution is 9.10. The van der Waals surface area contributed by atoms with Crippen LogP contribution in [0.4, 0.5) is 0 Å². The molecule has 1 aromatic carbocycles. The van der Waals surface area contributed by atoms with Crippen LogP contribution in [-0.2, 0) is 10.3 Å². The summed E-state index contributed by atoms with van der Waals surface area (Å²) in [5, 5.41) is 0. The van der Waals surface area contributed by atoms with E-state index in [1.807, 2.05) is 12.1 Å². The van der Waals surface area contributed by atoms with Gasteiger partial charge in [0.05, 0.1) is 6.61 Å². The Morgan fingerprint density at radius 3 is 2.68 bits per heavy atom. The van der Waals surface area contributed by atoms with Crippen molar-refractivity contribution in [2.24, 2.45) is 16.1 Å². The Morgan fingerprint density at radius 2 is 2.05 bits per heavy atom. The number of rotatable bonds is 0. The lowest BCUT2D eigenvalue weighted by atomic mass is 9.55. The van der Waals surface area contributed by atoms with Gasteiger partial charge in [0.15, 0.2) is 0 Å². The molecule has 2 N–H and O–H groups in total. The molecule has 4 nitrogen and oxygen atoms in total. The largest absolute Gasteiger partial charge is 0.493 e. The molecule has 0 radical (unpaired) electrons. The van der Waals surface area contributed by atoms with E-state index in [-0.39, 0.29) is 11.0 Å². The highest BCUT2D eigenvalue weighted by Gasteiger charge is 2.62. The van der Waals surface area contributed by atoms with Gasteiger partial charge in [-0.15, -0.1) is 0 Å². The van der Waals surface area contributed by atoms with E-state index >= 15 is 0 Å². The molecule has 1 unspecified atom stereocenters. The Balaban J connectivity index is 1.95. The van der Waals surface area contributed by atoms with Gasteiger partial charge >= 0.3 is 0 Å². The van der Waals surface area contributed by atoms with E-state index < -0.39 is 0 Å². The number of nitrogens with two attached hydrogens (primary N) is 1. The number of hydrogen-bond acceptors (Lipinski definition) is 4. The summed E-state index contributed by atoms with van der Waals surface area (Å²) in [6.07, 6.45) is 3.47. The van der Waals surface area contributed by atoms with Gasteiger partial charge < -0.3 is 15.2 Å². The van der Waals surface area contributed by atoms with E-state index in [1.54, 1.807) is 0 Å². The fourth-order valence-electron chi connectivity index (χ4n) is 3.57. The van der Waals surface area contributed by atoms with Crippen molar-refractivity contribution < 1.29 is 9.47 Å². The number of nitrogens with zero attached hydrogens (tertiary/aromatic N) is 1. The van der Waals surface area contributed by atoms with E-state index in [0.29, 0.717) is 19.2 Å². The van der Waals surface area contributed by atoms with Crippen molar-refractivity contribution in [2.75, 3.05) is 13.2 Å². The first-order chi connectivity index (χ1) is 9.15. The third-order valence-corrected chi connectivity index (χ3v) is 5.30. The monoisotopic (exact) mass is 322 g/mol. The summed E-state index contributed by atoms with van der Waals surface area (Å²) in [6.45, 7) is 1.24. The summed E-state index contributed by atoms with van der Waals surface area (Å²) >= 11 is 3.54. The summed E-state index contributed by atoms with van der Waals surface area (Å²) in [4.78, 5) is 4.71. The van der Waals surface area contributed by atoms with E-state index in [2.05, 4.69) is 22.0 Å². The predicted molar refractivity (Wildman–Crippen MR) is 75.2 cm³/mol. The Morgan fingerprint density at radius 1 is 1.21 bits per heavy atom. The second-order valence-electron chi connectivity index (χ2n) is 5.66. The second kappa shape index (κ2) is 3.66. The number of fused-ring (bicyclic) bond motifs is 3. The Hall–Kier alpha value is -1.23. The fraction of sp³-hybridized carbons (Fsp3) is 0.500. The maximum absolute atomic E-state index is 5.97. The molecule has 2 spiro atoms. The third-order valence-electron chi connectivity index (χ3n) is 4.81. The van der Waals surface area contributed by atoms with Crippen LogP contribution < -0.4 is 10.5 Å². The van der Waals surface area contributed by atoms with Crippen molar-refractivity contribution in [1.29, 1.82) is 0 Å². The average Bonchev–Trinajstić information content (AvgIpc) is 2.72. The molecule has 0 aromatic heterocycles. The Kier molecular flexibility index (Phi) is 2.23. The number of amidine groups is 1. The molecule has 2 heterocycles. The van der Waals surface area contributed by atoms with E-state index in [9.17, 15) is 0 Å². The van der Waals surface area contributed by atoms with Crippen LogP contribution >= 0.6 is 15.9 Å². The third kappa shape index (κ3) is 1.37. The molecule has 1 fully saturated rings. The zero-order valence-corrected chi connectivity index (χ0v) is 12.1. The van der Waals surface area contributed by atoms with E-state index in [4.69, 9.17) is 20.2 Å². The topological polar surface area (TPSA) is 56.8 Å². The van der Waals surface area contributed by atoms with Gasteiger partial charge in [-0.3, -0.25) is 0 Å². The number of benzene rings is 1. The van der Waals surface area contributed by atoms with Crippen LogP contribution in [0.1, 0.15) is 24.8 Å². The molecule has 0 bridgehead atoms. The van der Waals surface area contributed by atoms with Gasteiger partial charge in [-0.2, -0.15) is 0 Å². The molecule has 0 saturated heterocycles. The lowest BCUT2D eigenvalue weighted by molar-refractivity contribution is -0.0523. The summed E-state index contributed by atoms with van der Waals surface area (Å²) in [6, 6.07) is 6.39. The minimum Gasteiger partial charge on any atom is -0.493 e.